The summed E-state index contributed by atoms with van der Waals surface area (Å²) in [5.41, 5.74) is 1.47. The number of benzene rings is 2. The van der Waals surface area contributed by atoms with Crippen molar-refractivity contribution in [3.8, 4) is 0 Å². The number of esters is 1. The maximum atomic E-state index is 12.6. The molecule has 1 aromatic heterocycles. The number of carbonyl (C=O) groups excluding carboxylic acids is 1. The predicted octanol–water partition coefficient (Wildman–Crippen LogP) is 2.79. The summed E-state index contributed by atoms with van der Waals surface area (Å²) in [6.45, 7) is 3.78. The summed E-state index contributed by atoms with van der Waals surface area (Å²) in [6, 6.07) is 17.6. The van der Waals surface area contributed by atoms with Crippen LogP contribution in [0.4, 0.5) is 0 Å². The molecule has 0 fully saturated rings. The number of aromatic nitrogens is 1. The zero-order valence-corrected chi connectivity index (χ0v) is 18.3. The summed E-state index contributed by atoms with van der Waals surface area (Å²) in [5, 5.41) is 35.0. The van der Waals surface area contributed by atoms with Crippen molar-refractivity contribution in [3.05, 3.63) is 77.6 Å². The van der Waals surface area contributed by atoms with Gasteiger partial charge >= 0.3 is 5.97 Å². The topological polar surface area (TPSA) is 112 Å². The van der Waals surface area contributed by atoms with E-state index in [0.29, 0.717) is 23.9 Å². The number of pyridine rings is 1. The van der Waals surface area contributed by atoms with Crippen LogP contribution in [0.25, 0.3) is 10.8 Å². The molecule has 0 aliphatic heterocycles. The molecule has 3 aromatic rings. The first-order valence-corrected chi connectivity index (χ1v) is 10.8. The average Bonchev–Trinajstić information content (AvgIpc) is 2.81. The van der Waals surface area contributed by atoms with Crippen LogP contribution in [0.15, 0.2) is 60.7 Å². The molecule has 0 aliphatic rings. The minimum atomic E-state index is -1.76. The van der Waals surface area contributed by atoms with Crippen LogP contribution >= 0.6 is 0 Å². The van der Waals surface area contributed by atoms with Gasteiger partial charge in [-0.05, 0) is 43.7 Å². The summed E-state index contributed by atoms with van der Waals surface area (Å²) in [6.07, 6.45) is -1.67. The highest BCUT2D eigenvalue weighted by Crippen LogP contribution is 2.27. The molecule has 4 N–H and O–H groups in total. The fraction of sp³-hybridized carbons (Fsp3) is 0.360. The number of nitrogens with one attached hydrogen (secondary N) is 1. The van der Waals surface area contributed by atoms with Gasteiger partial charge in [-0.3, -0.25) is 10.1 Å². The number of ether oxygens (including phenoxy) is 1. The Labute approximate surface area is 187 Å². The van der Waals surface area contributed by atoms with E-state index in [1.165, 1.54) is 0 Å². The maximum absolute atomic E-state index is 12.6. The van der Waals surface area contributed by atoms with Crippen molar-refractivity contribution >= 4 is 16.7 Å². The van der Waals surface area contributed by atoms with E-state index in [2.05, 4.69) is 10.3 Å². The highest BCUT2D eigenvalue weighted by Gasteiger charge is 2.27. The lowest BCUT2D eigenvalue weighted by molar-refractivity contribution is -0.146. The van der Waals surface area contributed by atoms with E-state index in [-0.39, 0.29) is 18.3 Å². The van der Waals surface area contributed by atoms with E-state index in [9.17, 15) is 20.1 Å². The van der Waals surface area contributed by atoms with Gasteiger partial charge in [-0.25, -0.2) is 4.98 Å². The Morgan fingerprint density at radius 2 is 1.75 bits per heavy atom. The van der Waals surface area contributed by atoms with Crippen molar-refractivity contribution in [1.29, 1.82) is 0 Å². The molecule has 32 heavy (non-hydrogen) atoms. The number of fused-ring (bicyclic) bond motifs is 1. The van der Waals surface area contributed by atoms with E-state index >= 15 is 0 Å². The summed E-state index contributed by atoms with van der Waals surface area (Å²) >= 11 is 0. The Bertz CT molecular complexity index is 1030. The monoisotopic (exact) mass is 438 g/mol. The average molecular weight is 439 g/mol. The van der Waals surface area contributed by atoms with Crippen LogP contribution in [0.5, 0.6) is 0 Å². The van der Waals surface area contributed by atoms with E-state index in [1.54, 1.807) is 19.9 Å². The van der Waals surface area contributed by atoms with Crippen LogP contribution < -0.4 is 5.32 Å². The van der Waals surface area contributed by atoms with Gasteiger partial charge in [0.1, 0.15) is 12.1 Å². The maximum Gasteiger partial charge on any atom is 0.323 e. The number of hydrogen-bond acceptors (Lipinski definition) is 7. The fourth-order valence-electron chi connectivity index (χ4n) is 3.72. The molecule has 0 amide bonds. The van der Waals surface area contributed by atoms with Crippen molar-refractivity contribution in [2.75, 3.05) is 6.61 Å². The van der Waals surface area contributed by atoms with Crippen LogP contribution in [0.1, 0.15) is 49.6 Å². The third kappa shape index (κ3) is 5.89. The molecule has 3 atom stereocenters. The van der Waals surface area contributed by atoms with Gasteiger partial charge in [0.05, 0.1) is 18.0 Å². The lowest BCUT2D eigenvalue weighted by atomic mass is 9.99. The van der Waals surface area contributed by atoms with Gasteiger partial charge in [0.25, 0.3) is 0 Å². The lowest BCUT2D eigenvalue weighted by Gasteiger charge is -2.26. The molecule has 0 spiro atoms. The molecule has 3 rings (SSSR count). The molecular formula is C25H30N2O5. The van der Waals surface area contributed by atoms with Crippen molar-refractivity contribution < 1.29 is 24.9 Å². The lowest BCUT2D eigenvalue weighted by Crippen LogP contribution is -2.46. The Morgan fingerprint density at radius 1 is 1.06 bits per heavy atom. The first-order chi connectivity index (χ1) is 15.4. The standard InChI is InChI=1S/C25H30N2O5/c1-3-32-25(31)20(14-13-17-9-5-4-6-10-17)26-16(2)23(28)22-19-12-8-7-11-18(19)15-21(27-22)24(29)30/h4-12,15-16,20,23-24,26,28-30H,3,13-14H2,1-2H3/t16-,20?,23?/m0/s1. The summed E-state index contributed by atoms with van der Waals surface area (Å²) in [5.74, 6) is -0.375. The normalized spacial score (nSPS) is 14.3. The number of aliphatic hydroxyl groups excluding tert-OH is 2. The molecule has 0 saturated carbocycles. The van der Waals surface area contributed by atoms with Gasteiger partial charge in [0.2, 0.25) is 0 Å². The summed E-state index contributed by atoms with van der Waals surface area (Å²) < 4.78 is 5.23. The highest BCUT2D eigenvalue weighted by molar-refractivity contribution is 5.85. The van der Waals surface area contributed by atoms with Crippen LogP contribution in [0.2, 0.25) is 0 Å². The van der Waals surface area contributed by atoms with Gasteiger partial charge in [-0.2, -0.15) is 0 Å². The number of hydrogen-bond donors (Lipinski definition) is 4. The highest BCUT2D eigenvalue weighted by atomic mass is 16.5. The molecule has 7 heteroatoms. The van der Waals surface area contributed by atoms with Crippen LogP contribution in [0, 0.1) is 0 Å². The Kier molecular flexibility index (Phi) is 8.30. The van der Waals surface area contributed by atoms with Crippen molar-refractivity contribution in [1.82, 2.24) is 10.3 Å². The second-order valence-corrected chi connectivity index (χ2v) is 7.76. The fourth-order valence-corrected chi connectivity index (χ4v) is 3.72. The Balaban J connectivity index is 1.82. The number of aliphatic hydroxyl groups is 3. The van der Waals surface area contributed by atoms with Gasteiger partial charge in [0.15, 0.2) is 6.29 Å². The first kappa shape index (κ1) is 23.8. The van der Waals surface area contributed by atoms with Gasteiger partial charge in [0, 0.05) is 11.4 Å². The molecule has 0 saturated heterocycles. The van der Waals surface area contributed by atoms with Crippen molar-refractivity contribution in [3.63, 3.8) is 0 Å². The molecule has 0 aliphatic carbocycles. The smallest absolute Gasteiger partial charge is 0.323 e. The summed E-state index contributed by atoms with van der Waals surface area (Å²) in [7, 11) is 0. The SMILES string of the molecule is CCOC(=O)C(CCc1ccccc1)N[C@@H](C)C(O)c1nc(C(O)O)cc2ccccc12. The molecule has 2 aromatic carbocycles. The Morgan fingerprint density at radius 3 is 2.44 bits per heavy atom. The molecule has 170 valence electrons. The quantitative estimate of drug-likeness (QED) is 0.284. The van der Waals surface area contributed by atoms with Gasteiger partial charge in [-0.15, -0.1) is 0 Å². The van der Waals surface area contributed by atoms with E-state index < -0.39 is 24.5 Å². The number of rotatable bonds is 10. The zero-order chi connectivity index (χ0) is 23.1. The van der Waals surface area contributed by atoms with Crippen molar-refractivity contribution in [2.24, 2.45) is 0 Å². The molecule has 1 heterocycles. The molecule has 0 radical (unpaired) electrons. The number of aryl methyl sites for hydroxylation is 1. The van der Waals surface area contributed by atoms with Gasteiger partial charge in [-0.1, -0.05) is 54.6 Å². The predicted molar refractivity (Wildman–Crippen MR) is 122 cm³/mol. The number of carbonyl (C=O) groups is 1. The minimum Gasteiger partial charge on any atom is -0.465 e. The second kappa shape index (κ2) is 11.2. The second-order valence-electron chi connectivity index (χ2n) is 7.76. The van der Waals surface area contributed by atoms with Crippen LogP contribution in [-0.2, 0) is 16.0 Å². The molecular weight excluding hydrogens is 408 g/mol. The van der Waals surface area contributed by atoms with Crippen LogP contribution in [-0.4, -0.2) is 45.0 Å². The van der Waals surface area contributed by atoms with E-state index in [0.717, 1.165) is 10.9 Å². The van der Waals surface area contributed by atoms with Crippen LogP contribution in [0.3, 0.4) is 0 Å². The summed E-state index contributed by atoms with van der Waals surface area (Å²) in [4.78, 5) is 16.9. The minimum absolute atomic E-state index is 0.0518. The van der Waals surface area contributed by atoms with E-state index in [4.69, 9.17) is 4.74 Å². The Hall–Kier alpha value is -2.84. The van der Waals surface area contributed by atoms with Gasteiger partial charge < -0.3 is 20.1 Å². The first-order valence-electron chi connectivity index (χ1n) is 10.8. The molecule has 0 bridgehead atoms. The molecule has 7 nitrogen and oxygen atoms in total. The number of nitrogens with zero attached hydrogens (tertiary/aromatic N) is 1. The largest absolute Gasteiger partial charge is 0.465 e. The zero-order valence-electron chi connectivity index (χ0n) is 18.3. The third-order valence-electron chi connectivity index (χ3n) is 5.41. The third-order valence-corrected chi connectivity index (χ3v) is 5.41. The van der Waals surface area contributed by atoms with E-state index in [1.807, 2.05) is 54.6 Å². The van der Waals surface area contributed by atoms with Crippen molar-refractivity contribution in [2.45, 2.75) is 51.2 Å². The molecule has 2 unspecified atom stereocenters.